The van der Waals surface area contributed by atoms with Crippen molar-refractivity contribution in [3.8, 4) is 5.69 Å². The van der Waals surface area contributed by atoms with Crippen molar-refractivity contribution in [2.75, 3.05) is 0 Å². The largest absolute Gasteiger partial charge is 0.327 e. The van der Waals surface area contributed by atoms with Crippen LogP contribution in [-0.4, -0.2) is 15.8 Å². The Morgan fingerprint density at radius 3 is 2.65 bits per heavy atom. The third kappa shape index (κ3) is 3.22. The van der Waals surface area contributed by atoms with E-state index in [1.165, 1.54) is 0 Å². The number of halogens is 1. The lowest BCUT2D eigenvalue weighted by Gasteiger charge is -2.15. The van der Waals surface area contributed by atoms with E-state index in [1.807, 2.05) is 29.1 Å². The van der Waals surface area contributed by atoms with E-state index in [0.29, 0.717) is 5.92 Å². The van der Waals surface area contributed by atoms with Gasteiger partial charge in [0.25, 0.3) is 0 Å². The summed E-state index contributed by atoms with van der Waals surface area (Å²) < 4.78 is 1.90. The third-order valence-electron chi connectivity index (χ3n) is 3.53. The molecule has 108 valence electrons. The fourth-order valence-electron chi connectivity index (χ4n) is 2.15. The molecule has 0 aliphatic carbocycles. The highest BCUT2D eigenvalue weighted by molar-refractivity contribution is 6.31. The Morgan fingerprint density at radius 1 is 1.30 bits per heavy atom. The second-order valence-corrected chi connectivity index (χ2v) is 5.86. The summed E-state index contributed by atoms with van der Waals surface area (Å²) in [5, 5.41) is 5.39. The predicted octanol–water partition coefficient (Wildman–Crippen LogP) is 3.93. The third-order valence-corrected chi connectivity index (χ3v) is 3.89. The number of hydrogen-bond acceptors (Lipinski definition) is 2. The maximum absolute atomic E-state index is 6.35. The Balaban J connectivity index is 2.42. The van der Waals surface area contributed by atoms with Crippen molar-refractivity contribution >= 4 is 11.6 Å². The van der Waals surface area contributed by atoms with Crippen LogP contribution in [0.4, 0.5) is 0 Å². The fraction of sp³-hybridized carbons (Fsp3) is 0.438. The monoisotopic (exact) mass is 291 g/mol. The Bertz CT molecular complexity index is 575. The molecule has 0 spiro atoms. The SMILES string of the molecule is CCC(N)Cc1c(Cl)cccc1-n1ccc(C(C)C)n1. The molecule has 1 aromatic heterocycles. The van der Waals surface area contributed by atoms with Crippen molar-refractivity contribution in [3.05, 3.63) is 46.7 Å². The van der Waals surface area contributed by atoms with Crippen molar-refractivity contribution in [1.29, 1.82) is 0 Å². The molecular formula is C16H22ClN3. The molecule has 0 amide bonds. The van der Waals surface area contributed by atoms with E-state index in [1.54, 1.807) is 0 Å². The highest BCUT2D eigenvalue weighted by atomic mass is 35.5. The molecule has 20 heavy (non-hydrogen) atoms. The number of rotatable bonds is 5. The molecule has 0 radical (unpaired) electrons. The highest BCUT2D eigenvalue weighted by Crippen LogP contribution is 2.25. The minimum absolute atomic E-state index is 0.119. The molecule has 2 aromatic rings. The first-order valence-electron chi connectivity index (χ1n) is 7.11. The second-order valence-electron chi connectivity index (χ2n) is 5.45. The topological polar surface area (TPSA) is 43.8 Å². The lowest BCUT2D eigenvalue weighted by atomic mass is 10.0. The zero-order chi connectivity index (χ0) is 14.7. The van der Waals surface area contributed by atoms with Gasteiger partial charge in [0.2, 0.25) is 0 Å². The van der Waals surface area contributed by atoms with Gasteiger partial charge in [-0.2, -0.15) is 5.10 Å². The summed E-state index contributed by atoms with van der Waals surface area (Å²) in [6.45, 7) is 6.36. The zero-order valence-corrected chi connectivity index (χ0v) is 13.1. The van der Waals surface area contributed by atoms with Gasteiger partial charge in [0.1, 0.15) is 0 Å². The molecule has 0 saturated carbocycles. The van der Waals surface area contributed by atoms with Crippen LogP contribution in [0.1, 0.15) is 44.4 Å². The van der Waals surface area contributed by atoms with Gasteiger partial charge in [-0.3, -0.25) is 0 Å². The molecule has 0 aliphatic heterocycles. The Morgan fingerprint density at radius 2 is 2.05 bits per heavy atom. The van der Waals surface area contributed by atoms with Gasteiger partial charge in [-0.15, -0.1) is 0 Å². The van der Waals surface area contributed by atoms with Gasteiger partial charge in [0, 0.05) is 17.3 Å². The molecule has 3 nitrogen and oxygen atoms in total. The molecule has 0 fully saturated rings. The molecular weight excluding hydrogens is 270 g/mol. The predicted molar refractivity (Wildman–Crippen MR) is 84.6 cm³/mol. The van der Waals surface area contributed by atoms with Gasteiger partial charge in [-0.25, -0.2) is 4.68 Å². The van der Waals surface area contributed by atoms with Crippen LogP contribution in [0.5, 0.6) is 0 Å². The van der Waals surface area contributed by atoms with Crippen molar-refractivity contribution in [1.82, 2.24) is 9.78 Å². The van der Waals surface area contributed by atoms with Crippen LogP contribution in [0, 0.1) is 0 Å². The van der Waals surface area contributed by atoms with Crippen molar-refractivity contribution in [2.24, 2.45) is 5.73 Å². The molecule has 1 aromatic carbocycles. The first-order valence-corrected chi connectivity index (χ1v) is 7.49. The van der Waals surface area contributed by atoms with Gasteiger partial charge >= 0.3 is 0 Å². The van der Waals surface area contributed by atoms with Crippen LogP contribution < -0.4 is 5.73 Å². The Labute approximate surface area is 125 Å². The van der Waals surface area contributed by atoms with Crippen molar-refractivity contribution in [3.63, 3.8) is 0 Å². The summed E-state index contributed by atoms with van der Waals surface area (Å²) in [4.78, 5) is 0. The Hall–Kier alpha value is -1.32. The summed E-state index contributed by atoms with van der Waals surface area (Å²) in [7, 11) is 0. The van der Waals surface area contributed by atoms with Crippen molar-refractivity contribution < 1.29 is 0 Å². The van der Waals surface area contributed by atoms with Gasteiger partial charge in [0.15, 0.2) is 0 Å². The van der Waals surface area contributed by atoms with Crippen LogP contribution in [0.3, 0.4) is 0 Å². The molecule has 0 saturated heterocycles. The smallest absolute Gasteiger partial charge is 0.0693 e. The molecule has 4 heteroatoms. The van der Waals surface area contributed by atoms with Crippen LogP contribution in [0.25, 0.3) is 5.69 Å². The maximum atomic E-state index is 6.35. The Kier molecular flexibility index (Phi) is 4.84. The normalized spacial score (nSPS) is 12.9. The molecule has 0 bridgehead atoms. The van der Waals surface area contributed by atoms with E-state index in [2.05, 4.69) is 31.9 Å². The summed E-state index contributed by atoms with van der Waals surface area (Å²) in [6.07, 6.45) is 3.69. The molecule has 1 atom stereocenters. The number of aromatic nitrogens is 2. The van der Waals surface area contributed by atoms with Gasteiger partial charge in [-0.05, 0) is 42.5 Å². The van der Waals surface area contributed by atoms with Gasteiger partial charge in [-0.1, -0.05) is 38.4 Å². The van der Waals surface area contributed by atoms with Gasteiger partial charge < -0.3 is 5.73 Å². The summed E-state index contributed by atoms with van der Waals surface area (Å²) in [5.74, 6) is 0.414. The van der Waals surface area contributed by atoms with Gasteiger partial charge in [0.05, 0.1) is 11.4 Å². The van der Waals surface area contributed by atoms with Crippen LogP contribution in [-0.2, 0) is 6.42 Å². The molecule has 2 rings (SSSR count). The zero-order valence-electron chi connectivity index (χ0n) is 12.3. The molecule has 0 aliphatic rings. The number of nitrogens with two attached hydrogens (primary N) is 1. The maximum Gasteiger partial charge on any atom is 0.0693 e. The van der Waals surface area contributed by atoms with E-state index in [-0.39, 0.29) is 6.04 Å². The minimum atomic E-state index is 0.119. The summed E-state index contributed by atoms with van der Waals surface area (Å²) in [5.41, 5.74) is 9.26. The van der Waals surface area contributed by atoms with Crippen LogP contribution in [0.15, 0.2) is 30.5 Å². The highest BCUT2D eigenvalue weighted by Gasteiger charge is 2.13. The average Bonchev–Trinajstić information content (AvgIpc) is 2.90. The second kappa shape index (κ2) is 6.42. The van der Waals surface area contributed by atoms with E-state index in [9.17, 15) is 0 Å². The summed E-state index contributed by atoms with van der Waals surface area (Å²) >= 11 is 6.35. The standard InChI is InChI=1S/C16H22ClN3/c1-4-12(18)10-13-14(17)6-5-7-16(13)20-9-8-15(19-20)11(2)3/h5-9,11-12H,4,10,18H2,1-3H3. The van der Waals surface area contributed by atoms with E-state index >= 15 is 0 Å². The average molecular weight is 292 g/mol. The minimum Gasteiger partial charge on any atom is -0.327 e. The lowest BCUT2D eigenvalue weighted by molar-refractivity contribution is 0.641. The number of benzene rings is 1. The first-order chi connectivity index (χ1) is 9.52. The molecule has 2 N–H and O–H groups in total. The lowest BCUT2D eigenvalue weighted by Crippen LogP contribution is -2.22. The van der Waals surface area contributed by atoms with Crippen LogP contribution in [0.2, 0.25) is 5.02 Å². The first kappa shape index (κ1) is 15.1. The fourth-order valence-corrected chi connectivity index (χ4v) is 2.40. The van der Waals surface area contributed by atoms with Crippen LogP contribution >= 0.6 is 11.6 Å². The molecule has 1 unspecified atom stereocenters. The number of hydrogen-bond donors (Lipinski definition) is 1. The van der Waals surface area contributed by atoms with E-state index in [0.717, 1.165) is 34.8 Å². The summed E-state index contributed by atoms with van der Waals surface area (Å²) in [6, 6.07) is 8.08. The number of nitrogens with zero attached hydrogens (tertiary/aromatic N) is 2. The van der Waals surface area contributed by atoms with Crippen molar-refractivity contribution in [2.45, 2.75) is 45.6 Å². The van der Waals surface area contributed by atoms with E-state index < -0.39 is 0 Å². The molecule has 1 heterocycles. The quantitative estimate of drug-likeness (QED) is 0.907. The van der Waals surface area contributed by atoms with E-state index in [4.69, 9.17) is 17.3 Å².